The van der Waals surface area contributed by atoms with E-state index in [4.69, 9.17) is 0 Å². The molecular weight excluding hydrogens is 276 g/mol. The molecule has 0 fully saturated rings. The number of benzene rings is 1. The molecule has 1 aromatic carbocycles. The summed E-state index contributed by atoms with van der Waals surface area (Å²) < 4.78 is 0. The molecule has 0 atom stereocenters. The highest BCUT2D eigenvalue weighted by Crippen LogP contribution is 2.25. The largest absolute Gasteiger partial charge is 0.345 e. The molecular formula is C18H28N2O2. The van der Waals surface area contributed by atoms with Gasteiger partial charge in [-0.3, -0.25) is 9.59 Å². The van der Waals surface area contributed by atoms with Gasteiger partial charge in [0.15, 0.2) is 0 Å². The standard InChI is InChI=1S/C18H28N2O2/c1-6-8-14-19(5)16(21)18(3,4)17(22)20(7-2)15-12-10-9-11-13-15/h9-13H,6-8,14H2,1-5H3. The van der Waals surface area contributed by atoms with Gasteiger partial charge in [-0.25, -0.2) is 0 Å². The van der Waals surface area contributed by atoms with E-state index in [0.717, 1.165) is 18.5 Å². The van der Waals surface area contributed by atoms with E-state index in [9.17, 15) is 9.59 Å². The number of nitrogens with zero attached hydrogens (tertiary/aromatic N) is 2. The third kappa shape index (κ3) is 4.09. The van der Waals surface area contributed by atoms with Crippen LogP contribution in [0.15, 0.2) is 30.3 Å². The molecule has 4 heteroatoms. The minimum absolute atomic E-state index is 0.125. The van der Waals surface area contributed by atoms with Crippen LogP contribution in [-0.4, -0.2) is 36.9 Å². The molecule has 0 aliphatic rings. The van der Waals surface area contributed by atoms with Crippen molar-refractivity contribution in [3.05, 3.63) is 30.3 Å². The third-order valence-corrected chi connectivity index (χ3v) is 3.89. The smallest absolute Gasteiger partial charge is 0.242 e. The lowest BCUT2D eigenvalue weighted by atomic mass is 9.89. The Balaban J connectivity index is 2.94. The summed E-state index contributed by atoms with van der Waals surface area (Å²) in [6.07, 6.45) is 1.97. The molecule has 1 aromatic rings. The van der Waals surface area contributed by atoms with Crippen molar-refractivity contribution in [2.24, 2.45) is 5.41 Å². The predicted molar refractivity (Wildman–Crippen MR) is 90.8 cm³/mol. The molecule has 122 valence electrons. The fourth-order valence-electron chi connectivity index (χ4n) is 2.45. The van der Waals surface area contributed by atoms with Gasteiger partial charge in [0.25, 0.3) is 0 Å². The minimum atomic E-state index is -1.06. The highest BCUT2D eigenvalue weighted by molar-refractivity contribution is 6.10. The first-order valence-corrected chi connectivity index (χ1v) is 7.98. The minimum Gasteiger partial charge on any atom is -0.345 e. The summed E-state index contributed by atoms with van der Waals surface area (Å²) in [6, 6.07) is 9.49. The van der Waals surface area contributed by atoms with Crippen LogP contribution < -0.4 is 4.90 Å². The molecule has 0 saturated carbocycles. The number of hydrogen-bond acceptors (Lipinski definition) is 2. The zero-order valence-corrected chi connectivity index (χ0v) is 14.4. The van der Waals surface area contributed by atoms with Crippen molar-refractivity contribution in [1.29, 1.82) is 0 Å². The second-order valence-electron chi connectivity index (χ2n) is 6.09. The van der Waals surface area contributed by atoms with Crippen molar-refractivity contribution in [3.63, 3.8) is 0 Å². The van der Waals surface area contributed by atoms with Crippen LogP contribution in [0.2, 0.25) is 0 Å². The molecule has 0 unspecified atom stereocenters. The van der Waals surface area contributed by atoms with E-state index in [1.54, 1.807) is 30.7 Å². The fraction of sp³-hybridized carbons (Fsp3) is 0.556. The number of para-hydroxylation sites is 1. The highest BCUT2D eigenvalue weighted by Gasteiger charge is 2.40. The Hall–Kier alpha value is -1.84. The lowest BCUT2D eigenvalue weighted by Crippen LogP contribution is -2.50. The summed E-state index contributed by atoms with van der Waals surface area (Å²) in [7, 11) is 1.77. The van der Waals surface area contributed by atoms with E-state index >= 15 is 0 Å². The van der Waals surface area contributed by atoms with Gasteiger partial charge in [0.1, 0.15) is 5.41 Å². The van der Waals surface area contributed by atoms with Crippen molar-refractivity contribution in [3.8, 4) is 0 Å². The normalized spacial score (nSPS) is 11.1. The lowest BCUT2D eigenvalue weighted by molar-refractivity contribution is -0.146. The van der Waals surface area contributed by atoms with E-state index < -0.39 is 5.41 Å². The molecule has 2 amide bonds. The zero-order chi connectivity index (χ0) is 16.8. The summed E-state index contributed by atoms with van der Waals surface area (Å²) in [5, 5.41) is 0. The number of carbonyl (C=O) groups excluding carboxylic acids is 2. The molecule has 0 heterocycles. The molecule has 0 spiro atoms. The van der Waals surface area contributed by atoms with Crippen molar-refractivity contribution in [2.75, 3.05) is 25.0 Å². The van der Waals surface area contributed by atoms with Gasteiger partial charge in [0.05, 0.1) is 0 Å². The van der Waals surface area contributed by atoms with Crippen LogP contribution in [0.4, 0.5) is 5.69 Å². The molecule has 4 nitrogen and oxygen atoms in total. The van der Waals surface area contributed by atoms with Crippen molar-refractivity contribution >= 4 is 17.5 Å². The van der Waals surface area contributed by atoms with E-state index in [1.165, 1.54) is 0 Å². The summed E-state index contributed by atoms with van der Waals surface area (Å²) in [5.74, 6) is -0.283. The van der Waals surface area contributed by atoms with E-state index in [0.29, 0.717) is 13.1 Å². The van der Waals surface area contributed by atoms with Crippen LogP contribution >= 0.6 is 0 Å². The Labute approximate surface area is 134 Å². The Morgan fingerprint density at radius 3 is 2.14 bits per heavy atom. The third-order valence-electron chi connectivity index (χ3n) is 3.89. The maximum absolute atomic E-state index is 12.9. The summed E-state index contributed by atoms with van der Waals surface area (Å²) in [6.45, 7) is 8.66. The van der Waals surface area contributed by atoms with Crippen LogP contribution in [0.3, 0.4) is 0 Å². The summed E-state index contributed by atoms with van der Waals surface area (Å²) >= 11 is 0. The molecule has 0 saturated heterocycles. The molecule has 0 aromatic heterocycles. The Morgan fingerprint density at radius 1 is 1.05 bits per heavy atom. The number of rotatable bonds is 7. The highest BCUT2D eigenvalue weighted by atomic mass is 16.2. The van der Waals surface area contributed by atoms with E-state index in [2.05, 4.69) is 6.92 Å². The van der Waals surface area contributed by atoms with Gasteiger partial charge in [0.2, 0.25) is 11.8 Å². The molecule has 0 aliphatic carbocycles. The molecule has 22 heavy (non-hydrogen) atoms. The topological polar surface area (TPSA) is 40.6 Å². The van der Waals surface area contributed by atoms with Crippen LogP contribution in [0, 0.1) is 5.41 Å². The van der Waals surface area contributed by atoms with E-state index in [1.807, 2.05) is 37.3 Å². The van der Waals surface area contributed by atoms with E-state index in [-0.39, 0.29) is 11.8 Å². The number of anilines is 1. The van der Waals surface area contributed by atoms with Gasteiger partial charge >= 0.3 is 0 Å². The van der Waals surface area contributed by atoms with Crippen molar-refractivity contribution in [2.45, 2.75) is 40.5 Å². The molecule has 0 N–H and O–H groups in total. The van der Waals surface area contributed by atoms with Crippen molar-refractivity contribution in [1.82, 2.24) is 4.90 Å². The first kappa shape index (κ1) is 18.2. The number of hydrogen-bond donors (Lipinski definition) is 0. The molecule has 0 radical (unpaired) electrons. The van der Waals surface area contributed by atoms with Gasteiger partial charge in [-0.2, -0.15) is 0 Å². The van der Waals surface area contributed by atoms with Crippen LogP contribution in [-0.2, 0) is 9.59 Å². The second kappa shape index (κ2) is 7.97. The van der Waals surface area contributed by atoms with Crippen LogP contribution in [0.5, 0.6) is 0 Å². The van der Waals surface area contributed by atoms with Gasteiger partial charge in [-0.05, 0) is 39.3 Å². The second-order valence-corrected chi connectivity index (χ2v) is 6.09. The fourth-order valence-corrected chi connectivity index (χ4v) is 2.45. The van der Waals surface area contributed by atoms with Gasteiger partial charge in [0, 0.05) is 25.8 Å². The van der Waals surface area contributed by atoms with Crippen LogP contribution in [0.1, 0.15) is 40.5 Å². The predicted octanol–water partition coefficient (Wildman–Crippen LogP) is 3.32. The number of unbranched alkanes of at least 4 members (excludes halogenated alkanes) is 1. The van der Waals surface area contributed by atoms with Gasteiger partial charge in [-0.1, -0.05) is 31.5 Å². The zero-order valence-electron chi connectivity index (χ0n) is 14.4. The average Bonchev–Trinajstić information content (AvgIpc) is 2.53. The summed E-state index contributed by atoms with van der Waals surface area (Å²) in [4.78, 5) is 28.9. The lowest BCUT2D eigenvalue weighted by Gasteiger charge is -2.33. The molecule has 1 rings (SSSR count). The van der Waals surface area contributed by atoms with Gasteiger partial charge < -0.3 is 9.80 Å². The Morgan fingerprint density at radius 2 is 1.64 bits per heavy atom. The SMILES string of the molecule is CCCCN(C)C(=O)C(C)(C)C(=O)N(CC)c1ccccc1. The monoisotopic (exact) mass is 304 g/mol. The Kier molecular flexibility index (Phi) is 6.60. The first-order valence-electron chi connectivity index (χ1n) is 7.98. The quantitative estimate of drug-likeness (QED) is 0.725. The van der Waals surface area contributed by atoms with Gasteiger partial charge in [-0.15, -0.1) is 0 Å². The molecule has 0 bridgehead atoms. The van der Waals surface area contributed by atoms with Crippen LogP contribution in [0.25, 0.3) is 0 Å². The first-order chi connectivity index (χ1) is 10.4. The maximum Gasteiger partial charge on any atom is 0.242 e. The Bertz CT molecular complexity index is 497. The molecule has 0 aliphatic heterocycles. The summed E-state index contributed by atoms with van der Waals surface area (Å²) in [5.41, 5.74) is -0.235. The van der Waals surface area contributed by atoms with Crippen molar-refractivity contribution < 1.29 is 9.59 Å². The maximum atomic E-state index is 12.9. The number of carbonyl (C=O) groups is 2. The number of amides is 2. The average molecular weight is 304 g/mol.